The quantitative estimate of drug-likeness (QED) is 0.782. The van der Waals surface area contributed by atoms with Crippen LogP contribution in [0.4, 0.5) is 11.8 Å². The summed E-state index contributed by atoms with van der Waals surface area (Å²) in [5, 5.41) is 0.728. The van der Waals surface area contributed by atoms with Gasteiger partial charge in [0.1, 0.15) is 5.82 Å². The first-order valence-electron chi connectivity index (χ1n) is 9.07. The minimum absolute atomic E-state index is 0.0321. The van der Waals surface area contributed by atoms with Crippen LogP contribution >= 0.6 is 0 Å². The van der Waals surface area contributed by atoms with Crippen LogP contribution in [0.15, 0.2) is 12.1 Å². The van der Waals surface area contributed by atoms with Gasteiger partial charge in [0.05, 0.1) is 5.52 Å². The van der Waals surface area contributed by atoms with Gasteiger partial charge in [0.15, 0.2) is 11.5 Å². The van der Waals surface area contributed by atoms with E-state index in [4.69, 9.17) is 15.2 Å². The van der Waals surface area contributed by atoms with Gasteiger partial charge in [-0.3, -0.25) is 14.5 Å². The van der Waals surface area contributed by atoms with Crippen molar-refractivity contribution in [2.75, 3.05) is 30.5 Å². The van der Waals surface area contributed by atoms with E-state index in [1.54, 1.807) is 6.07 Å². The lowest BCUT2D eigenvalue weighted by Gasteiger charge is -2.35. The Morgan fingerprint density at radius 1 is 1.00 bits per heavy atom. The Morgan fingerprint density at radius 3 is 2.37 bits per heavy atom. The zero-order valence-corrected chi connectivity index (χ0v) is 14.7. The topological polar surface area (TPSA) is 111 Å². The van der Waals surface area contributed by atoms with Crippen LogP contribution in [-0.2, 0) is 9.59 Å². The highest BCUT2D eigenvalue weighted by Gasteiger charge is 2.37. The molecular formula is C18H19N5O4. The molecule has 0 unspecified atom stereocenters. The fraction of sp³-hybridized carbons (Fsp3) is 0.444. The van der Waals surface area contributed by atoms with Crippen LogP contribution in [0.3, 0.4) is 0 Å². The van der Waals surface area contributed by atoms with Crippen molar-refractivity contribution in [2.24, 2.45) is 0 Å². The van der Waals surface area contributed by atoms with Gasteiger partial charge >= 0.3 is 0 Å². The molecule has 2 saturated heterocycles. The minimum Gasteiger partial charge on any atom is -0.454 e. The summed E-state index contributed by atoms with van der Waals surface area (Å²) in [5.41, 5.74) is 6.85. The normalized spacial score (nSPS) is 20.1. The smallest absolute Gasteiger partial charge is 0.231 e. The summed E-state index contributed by atoms with van der Waals surface area (Å²) in [4.78, 5) is 36.5. The van der Waals surface area contributed by atoms with Crippen molar-refractivity contribution in [1.82, 2.24) is 14.9 Å². The third kappa shape index (κ3) is 2.61. The van der Waals surface area contributed by atoms with Gasteiger partial charge in [0.2, 0.25) is 24.6 Å². The maximum Gasteiger partial charge on any atom is 0.231 e. The highest BCUT2D eigenvalue weighted by atomic mass is 16.7. The molecule has 0 spiro atoms. The second-order valence-electron chi connectivity index (χ2n) is 7.01. The highest BCUT2D eigenvalue weighted by Crippen LogP contribution is 2.37. The van der Waals surface area contributed by atoms with Gasteiger partial charge in [0, 0.05) is 43.4 Å². The molecule has 9 nitrogen and oxygen atoms in total. The Hall–Kier alpha value is -3.10. The van der Waals surface area contributed by atoms with Crippen LogP contribution < -0.4 is 20.1 Å². The number of piperidine rings is 1. The van der Waals surface area contributed by atoms with Gasteiger partial charge in [-0.25, -0.2) is 4.98 Å². The lowest BCUT2D eigenvalue weighted by Crippen LogP contribution is -2.47. The van der Waals surface area contributed by atoms with Gasteiger partial charge in [-0.1, -0.05) is 0 Å². The molecule has 0 saturated carbocycles. The van der Waals surface area contributed by atoms with E-state index in [0.29, 0.717) is 67.6 Å². The fourth-order valence-corrected chi connectivity index (χ4v) is 4.00. The minimum atomic E-state index is -0.0549. The molecule has 0 radical (unpaired) electrons. The van der Waals surface area contributed by atoms with Crippen LogP contribution in [0.5, 0.6) is 11.5 Å². The van der Waals surface area contributed by atoms with E-state index < -0.39 is 0 Å². The molecule has 1 aromatic carbocycles. The Bertz CT molecular complexity index is 938. The molecule has 5 rings (SSSR count). The number of carbonyl (C=O) groups is 2. The maximum atomic E-state index is 11.9. The Morgan fingerprint density at radius 2 is 1.67 bits per heavy atom. The summed E-state index contributed by atoms with van der Waals surface area (Å²) in [5.74, 6) is 2.13. The van der Waals surface area contributed by atoms with Crippen molar-refractivity contribution >= 4 is 34.5 Å². The van der Waals surface area contributed by atoms with E-state index in [0.717, 1.165) is 5.39 Å². The molecule has 2 N–H and O–H groups in total. The number of anilines is 2. The molecule has 3 aliphatic heterocycles. The average molecular weight is 369 g/mol. The zero-order valence-electron chi connectivity index (χ0n) is 14.7. The number of rotatable bonds is 2. The van der Waals surface area contributed by atoms with E-state index in [1.165, 1.54) is 4.90 Å². The van der Waals surface area contributed by atoms with Crippen molar-refractivity contribution in [3.63, 3.8) is 0 Å². The number of ether oxygens (including phenoxy) is 2. The summed E-state index contributed by atoms with van der Waals surface area (Å²) < 4.78 is 10.8. The van der Waals surface area contributed by atoms with Crippen molar-refractivity contribution < 1.29 is 19.1 Å². The number of hydrogen-bond acceptors (Lipinski definition) is 8. The summed E-state index contributed by atoms with van der Waals surface area (Å²) in [6, 6.07) is 3.58. The first-order chi connectivity index (χ1) is 13.1. The molecule has 2 aromatic rings. The van der Waals surface area contributed by atoms with Crippen LogP contribution in [0.1, 0.15) is 25.7 Å². The Balaban J connectivity index is 1.38. The zero-order chi connectivity index (χ0) is 18.5. The molecule has 2 amide bonds. The molecule has 3 aliphatic rings. The number of nitrogens with zero attached hydrogens (tertiary/aromatic N) is 4. The highest BCUT2D eigenvalue weighted by molar-refractivity contribution is 6.02. The first-order valence-corrected chi connectivity index (χ1v) is 9.07. The predicted molar refractivity (Wildman–Crippen MR) is 96.4 cm³/mol. The fourth-order valence-electron chi connectivity index (χ4n) is 4.00. The molecule has 9 heteroatoms. The molecule has 4 heterocycles. The molecule has 1 aromatic heterocycles. The van der Waals surface area contributed by atoms with Gasteiger partial charge in [-0.15, -0.1) is 0 Å². The summed E-state index contributed by atoms with van der Waals surface area (Å²) in [6.45, 7) is 1.52. The third-order valence-corrected chi connectivity index (χ3v) is 5.41. The Kier molecular flexibility index (Phi) is 3.56. The number of imide groups is 1. The van der Waals surface area contributed by atoms with Crippen molar-refractivity contribution in [3.8, 4) is 11.5 Å². The number of benzene rings is 1. The van der Waals surface area contributed by atoms with Crippen LogP contribution in [0, 0.1) is 0 Å². The van der Waals surface area contributed by atoms with E-state index in [2.05, 4.69) is 9.97 Å². The van der Waals surface area contributed by atoms with Crippen LogP contribution in [-0.4, -0.2) is 52.6 Å². The van der Waals surface area contributed by atoms with Crippen molar-refractivity contribution in [1.29, 1.82) is 0 Å². The number of nitrogens with two attached hydrogens (primary N) is 1. The number of fused-ring (bicyclic) bond motifs is 2. The number of amides is 2. The molecule has 0 atom stereocenters. The Labute approximate surface area is 155 Å². The van der Waals surface area contributed by atoms with Crippen molar-refractivity contribution in [3.05, 3.63) is 12.1 Å². The number of nitrogen functional groups attached to an aromatic ring is 1. The third-order valence-electron chi connectivity index (χ3n) is 5.41. The first kappa shape index (κ1) is 16.1. The number of likely N-dealkylation sites (tertiary alicyclic amines) is 1. The molecule has 27 heavy (non-hydrogen) atoms. The maximum absolute atomic E-state index is 11.9. The van der Waals surface area contributed by atoms with Gasteiger partial charge in [0.25, 0.3) is 0 Å². The van der Waals surface area contributed by atoms with E-state index in [9.17, 15) is 9.59 Å². The second kappa shape index (κ2) is 5.97. The van der Waals surface area contributed by atoms with E-state index in [1.807, 2.05) is 11.0 Å². The van der Waals surface area contributed by atoms with Gasteiger partial charge < -0.3 is 20.1 Å². The van der Waals surface area contributed by atoms with E-state index >= 15 is 0 Å². The molecule has 140 valence electrons. The largest absolute Gasteiger partial charge is 0.454 e. The average Bonchev–Trinajstić information content (AvgIpc) is 3.26. The molecule has 2 fully saturated rings. The summed E-state index contributed by atoms with van der Waals surface area (Å²) in [6.07, 6.45) is 2.08. The lowest BCUT2D eigenvalue weighted by molar-refractivity contribution is -0.141. The van der Waals surface area contributed by atoms with Crippen LogP contribution in [0.25, 0.3) is 10.9 Å². The number of carbonyl (C=O) groups excluding carboxylic acids is 2. The standard InChI is InChI=1S/C18H19N5O4/c19-17-11-7-13-14(27-9-26-13)8-12(11)20-18(21-17)22-5-3-10(4-6-22)23-15(24)1-2-16(23)25/h7-8,10H,1-6,9H2,(H2,19,20,21). The monoisotopic (exact) mass is 369 g/mol. The molecular weight excluding hydrogens is 350 g/mol. The van der Waals surface area contributed by atoms with E-state index in [-0.39, 0.29) is 24.6 Å². The molecule has 0 bridgehead atoms. The number of hydrogen-bond donors (Lipinski definition) is 1. The number of aromatic nitrogens is 2. The predicted octanol–water partition coefficient (Wildman–Crippen LogP) is 1.06. The van der Waals surface area contributed by atoms with Gasteiger partial charge in [-0.2, -0.15) is 4.98 Å². The van der Waals surface area contributed by atoms with Gasteiger partial charge in [-0.05, 0) is 18.9 Å². The SMILES string of the molecule is Nc1nc(N2CCC(N3C(=O)CCC3=O)CC2)nc2cc3c(cc12)OCO3. The van der Waals surface area contributed by atoms with Crippen molar-refractivity contribution in [2.45, 2.75) is 31.7 Å². The van der Waals surface area contributed by atoms with Crippen LogP contribution in [0.2, 0.25) is 0 Å². The summed E-state index contributed by atoms with van der Waals surface area (Å²) in [7, 11) is 0. The lowest BCUT2D eigenvalue weighted by atomic mass is 10.0. The molecule has 0 aliphatic carbocycles. The summed E-state index contributed by atoms with van der Waals surface area (Å²) >= 11 is 0. The second-order valence-corrected chi connectivity index (χ2v) is 7.01.